The van der Waals surface area contributed by atoms with Crippen molar-refractivity contribution in [3.05, 3.63) is 35.9 Å². The number of fused-ring (bicyclic) bond motifs is 2. The van der Waals surface area contributed by atoms with Crippen LogP contribution in [0.3, 0.4) is 0 Å². The fourth-order valence-electron chi connectivity index (χ4n) is 7.37. The van der Waals surface area contributed by atoms with E-state index in [1.165, 1.54) is 25.8 Å². The number of benzene rings is 1. The van der Waals surface area contributed by atoms with Crippen LogP contribution in [-0.2, 0) is 49.5 Å². The molecule has 59 heavy (non-hydrogen) atoms. The number of nitrogens with zero attached hydrogens (tertiary/aromatic N) is 2. The molecule has 2 aliphatic rings. The number of rotatable bonds is 11. The van der Waals surface area contributed by atoms with E-state index in [1.807, 2.05) is 13.8 Å². The summed E-state index contributed by atoms with van der Waals surface area (Å²) in [7, 11) is 1.44. The lowest BCUT2D eigenvalue weighted by molar-refractivity contribution is -0.168. The minimum Gasteiger partial charge on any atom is -0.460 e. The molecule has 0 saturated carbocycles. The Kier molecular flexibility index (Phi) is 17.8. The molecule has 0 unspecified atom stereocenters. The fourth-order valence-corrected chi connectivity index (χ4v) is 7.37. The van der Waals surface area contributed by atoms with E-state index < -0.39 is 114 Å². The van der Waals surface area contributed by atoms with Gasteiger partial charge in [-0.2, -0.15) is 0 Å². The molecule has 15 nitrogen and oxygen atoms in total. The second-order valence-electron chi connectivity index (χ2n) is 17.0. The molecule has 0 radical (unpaired) electrons. The molecule has 2 bridgehead atoms. The van der Waals surface area contributed by atoms with Gasteiger partial charge in [0, 0.05) is 44.6 Å². The van der Waals surface area contributed by atoms with Gasteiger partial charge in [0.1, 0.15) is 30.5 Å². The molecule has 15 heteroatoms. The number of aliphatic hydroxyl groups is 1. The first-order valence-corrected chi connectivity index (χ1v) is 20.6. The van der Waals surface area contributed by atoms with E-state index in [-0.39, 0.29) is 50.4 Å². The van der Waals surface area contributed by atoms with E-state index in [1.54, 1.807) is 58.0 Å². The van der Waals surface area contributed by atoms with Crippen molar-refractivity contribution in [1.82, 2.24) is 25.8 Å². The average Bonchev–Trinajstić information content (AvgIpc) is 3.17. The highest BCUT2D eigenvalue weighted by molar-refractivity contribution is 5.98. The third-order valence-electron chi connectivity index (χ3n) is 11.1. The summed E-state index contributed by atoms with van der Waals surface area (Å²) in [4.78, 5) is 114. The van der Waals surface area contributed by atoms with E-state index in [0.29, 0.717) is 5.56 Å². The zero-order valence-corrected chi connectivity index (χ0v) is 35.9. The Labute approximate surface area is 348 Å². The number of ketones is 2. The number of hydrogen-bond donors (Lipinski definition) is 4. The fraction of sp³-hybridized carbons (Fsp3) is 0.636. The molecular weight excluding hydrogens is 759 g/mol. The topological polar surface area (TPSA) is 209 Å². The van der Waals surface area contributed by atoms with Gasteiger partial charge in [-0.3, -0.25) is 33.6 Å². The van der Waals surface area contributed by atoms with Crippen molar-refractivity contribution in [3.63, 3.8) is 0 Å². The third kappa shape index (κ3) is 12.9. The van der Waals surface area contributed by atoms with Gasteiger partial charge in [-0.05, 0) is 50.5 Å². The smallest absolute Gasteiger partial charge is 0.329 e. The first kappa shape index (κ1) is 48.3. The van der Waals surface area contributed by atoms with Crippen LogP contribution in [0.5, 0.6) is 0 Å². The summed E-state index contributed by atoms with van der Waals surface area (Å²) in [5.74, 6) is -6.32. The van der Waals surface area contributed by atoms with Crippen LogP contribution in [0.1, 0.15) is 99.5 Å². The predicted molar refractivity (Wildman–Crippen MR) is 218 cm³/mol. The minimum atomic E-state index is -1.38. The second kappa shape index (κ2) is 21.8. The number of ether oxygens (including phenoxy) is 1. The maximum absolute atomic E-state index is 14.6. The zero-order valence-electron chi connectivity index (χ0n) is 35.9. The molecule has 0 aliphatic carbocycles. The molecule has 0 aromatic heterocycles. The summed E-state index contributed by atoms with van der Waals surface area (Å²) in [6.07, 6.45) is 2.14. The van der Waals surface area contributed by atoms with Gasteiger partial charge in [0.05, 0.1) is 18.0 Å². The van der Waals surface area contributed by atoms with E-state index in [4.69, 9.17) is 11.2 Å². The molecule has 2 aliphatic heterocycles. The van der Waals surface area contributed by atoms with E-state index in [0.717, 1.165) is 4.90 Å². The molecule has 0 spiro atoms. The van der Waals surface area contributed by atoms with Crippen molar-refractivity contribution in [2.45, 2.75) is 143 Å². The Morgan fingerprint density at radius 3 is 2.15 bits per heavy atom. The molecular formula is C44H63N5O10. The van der Waals surface area contributed by atoms with Gasteiger partial charge in [0.25, 0.3) is 0 Å². The van der Waals surface area contributed by atoms with E-state index in [9.17, 15) is 43.5 Å². The Balaban J connectivity index is 2.19. The van der Waals surface area contributed by atoms with Gasteiger partial charge in [-0.15, -0.1) is 12.3 Å². The summed E-state index contributed by atoms with van der Waals surface area (Å²) >= 11 is 0. The number of hydrogen-bond acceptors (Lipinski definition) is 10. The second-order valence-corrected chi connectivity index (χ2v) is 17.0. The number of cyclic esters (lactones) is 1. The van der Waals surface area contributed by atoms with Crippen molar-refractivity contribution < 1.29 is 48.2 Å². The van der Waals surface area contributed by atoms with Crippen LogP contribution in [0, 0.1) is 41.9 Å². The number of aliphatic hydroxyl groups excluding tert-OH is 1. The SMILES string of the molecule is C#CC[C@@H]1NC(=O)[C@@H](CC(=O)[C@H](C)NC(=O)C(C)C)[C@@H](C)OC(=O)[C@H](C(C)C)NC(=O)[C@H](Cc2ccccc2)N(C)C(=O)[C@H](CC(C)C)N2C(=O)[C@H](CC[C@H]2O)CC1=O. The monoisotopic (exact) mass is 821 g/mol. The predicted octanol–water partition coefficient (Wildman–Crippen LogP) is 2.32. The van der Waals surface area contributed by atoms with Crippen LogP contribution in [0.25, 0.3) is 0 Å². The third-order valence-corrected chi connectivity index (χ3v) is 11.1. The number of likely N-dealkylation sites (N-methyl/N-ethyl adjacent to an activating group) is 1. The number of nitrogens with one attached hydrogen (secondary N) is 3. The maximum Gasteiger partial charge on any atom is 0.329 e. The van der Waals surface area contributed by atoms with Crippen molar-refractivity contribution in [3.8, 4) is 12.3 Å². The number of carbonyl (C=O) groups excluding carboxylic acids is 8. The highest BCUT2D eigenvalue weighted by atomic mass is 16.5. The van der Waals surface area contributed by atoms with Gasteiger partial charge in [-0.1, -0.05) is 71.9 Å². The molecule has 2 saturated heterocycles. The Morgan fingerprint density at radius 1 is 0.932 bits per heavy atom. The van der Waals surface area contributed by atoms with Crippen LogP contribution >= 0.6 is 0 Å². The lowest BCUT2D eigenvalue weighted by Gasteiger charge is -2.43. The quantitative estimate of drug-likeness (QED) is 0.189. The molecule has 3 rings (SSSR count). The number of piperidine rings is 1. The van der Waals surface area contributed by atoms with Crippen molar-refractivity contribution in [1.29, 1.82) is 0 Å². The average molecular weight is 822 g/mol. The van der Waals surface area contributed by atoms with Crippen LogP contribution in [0.2, 0.25) is 0 Å². The van der Waals surface area contributed by atoms with Gasteiger partial charge < -0.3 is 35.6 Å². The molecule has 9 atom stereocenters. The molecule has 4 N–H and O–H groups in total. The van der Waals surface area contributed by atoms with Crippen molar-refractivity contribution in [2.75, 3.05) is 7.05 Å². The highest BCUT2D eigenvalue weighted by Gasteiger charge is 2.45. The summed E-state index contributed by atoms with van der Waals surface area (Å²) in [5.41, 5.74) is 0.704. The first-order valence-electron chi connectivity index (χ1n) is 20.6. The molecule has 2 fully saturated rings. The number of terminal acetylenes is 1. The maximum atomic E-state index is 14.6. The minimum absolute atomic E-state index is 0.0274. The standard InChI is InChI=1S/C44H63N5O10/c1-11-15-32-36(51)22-30-18-19-37(52)49(42(30)56)34(20-24(2)3)43(57)48(10)33(21-29-16-13-12-14-17-29)41(55)47-38(25(4)5)44(58)59-28(9)31(40(54)46-32)23-35(50)27(8)45-39(53)26(6)7/h1,12-14,16-17,24-28,30-34,37-38,52H,15,18-23H2,2-10H3,(H,45,53)(H,46,54)(H,47,55)/t27-,28+,30+,31-,32-,33-,34-,37+,38-/m0/s1. The largest absolute Gasteiger partial charge is 0.460 e. The summed E-state index contributed by atoms with van der Waals surface area (Å²) < 4.78 is 5.85. The Morgan fingerprint density at radius 2 is 1.58 bits per heavy atom. The normalized spacial score (nSPS) is 27.3. The molecule has 324 valence electrons. The van der Waals surface area contributed by atoms with E-state index in [2.05, 4.69) is 21.9 Å². The summed E-state index contributed by atoms with van der Waals surface area (Å²) in [6, 6.07) is 2.92. The Hall–Kier alpha value is -5.10. The van der Waals surface area contributed by atoms with Crippen molar-refractivity contribution in [2.24, 2.45) is 29.6 Å². The summed E-state index contributed by atoms with van der Waals surface area (Å²) in [6.45, 7) is 13.3. The molecule has 5 amide bonds. The lowest BCUT2D eigenvalue weighted by Crippen LogP contribution is -2.61. The first-order chi connectivity index (χ1) is 27.7. The van der Waals surface area contributed by atoms with Gasteiger partial charge >= 0.3 is 5.97 Å². The molecule has 1 aromatic carbocycles. The zero-order chi connectivity index (χ0) is 44.3. The number of carbonyl (C=O) groups is 8. The van der Waals surface area contributed by atoms with Crippen LogP contribution < -0.4 is 16.0 Å². The van der Waals surface area contributed by atoms with Crippen LogP contribution in [0.4, 0.5) is 0 Å². The number of Topliss-reactive ketones (excluding diaryl/α,β-unsaturated/α-hetero) is 2. The lowest BCUT2D eigenvalue weighted by atomic mass is 9.86. The van der Waals surface area contributed by atoms with Gasteiger partial charge in [0.2, 0.25) is 29.5 Å². The number of esters is 1. The summed E-state index contributed by atoms with van der Waals surface area (Å²) in [5, 5.41) is 19.3. The molecule has 2 heterocycles. The van der Waals surface area contributed by atoms with Gasteiger partial charge in [-0.25, -0.2) is 4.79 Å². The van der Waals surface area contributed by atoms with Crippen LogP contribution in [0.15, 0.2) is 30.3 Å². The van der Waals surface area contributed by atoms with Crippen LogP contribution in [-0.4, -0.2) is 112 Å². The number of amides is 5. The Bertz CT molecular complexity index is 1740. The van der Waals surface area contributed by atoms with Gasteiger partial charge in [0.15, 0.2) is 11.6 Å². The molecule has 1 aromatic rings. The van der Waals surface area contributed by atoms with Crippen molar-refractivity contribution >= 4 is 47.1 Å². The van der Waals surface area contributed by atoms with E-state index >= 15 is 0 Å². The highest BCUT2D eigenvalue weighted by Crippen LogP contribution is 2.31.